The summed E-state index contributed by atoms with van der Waals surface area (Å²) in [5, 5.41) is 3.11. The van der Waals surface area contributed by atoms with Gasteiger partial charge in [0.1, 0.15) is 24.4 Å². The van der Waals surface area contributed by atoms with Gasteiger partial charge in [0.15, 0.2) is 0 Å². The molecule has 0 atom stereocenters. The molecule has 0 spiro atoms. The van der Waals surface area contributed by atoms with Gasteiger partial charge in [-0.15, -0.1) is 0 Å². The van der Waals surface area contributed by atoms with Gasteiger partial charge < -0.3 is 18.8 Å². The Morgan fingerprint density at radius 2 is 1.85 bits per heavy atom. The van der Waals surface area contributed by atoms with E-state index in [0.29, 0.717) is 16.5 Å². The van der Waals surface area contributed by atoms with Gasteiger partial charge in [-0.3, -0.25) is 15.1 Å². The number of nitrogens with zero attached hydrogens (tertiary/aromatic N) is 2. The third kappa shape index (κ3) is 6.68. The Morgan fingerprint density at radius 3 is 2.53 bits per heavy atom. The second kappa shape index (κ2) is 10.7. The van der Waals surface area contributed by atoms with Gasteiger partial charge in [0.05, 0.1) is 12.6 Å². The molecule has 1 amide bonds. The lowest BCUT2D eigenvalue weighted by Crippen LogP contribution is -2.28. The van der Waals surface area contributed by atoms with Crippen molar-refractivity contribution in [1.29, 1.82) is 0 Å². The minimum atomic E-state index is -0.809. The Hall–Kier alpha value is -4.14. The van der Waals surface area contributed by atoms with E-state index in [-0.39, 0.29) is 18.8 Å². The number of esters is 2. The van der Waals surface area contributed by atoms with Gasteiger partial charge in [-0.1, -0.05) is 30.3 Å². The number of rotatable bonds is 7. The Morgan fingerprint density at radius 1 is 1.12 bits per heavy atom. The van der Waals surface area contributed by atoms with Crippen LogP contribution in [-0.4, -0.2) is 40.3 Å². The molecule has 3 aromatic rings. The Kier molecular flexibility index (Phi) is 7.68. The Bertz CT molecular complexity index is 1210. The summed E-state index contributed by atoms with van der Waals surface area (Å²) < 4.78 is 17.1. The van der Waals surface area contributed by atoms with E-state index in [2.05, 4.69) is 10.3 Å². The zero-order valence-electron chi connectivity index (χ0n) is 19.5. The van der Waals surface area contributed by atoms with Crippen molar-refractivity contribution in [2.75, 3.05) is 7.11 Å². The van der Waals surface area contributed by atoms with Crippen LogP contribution in [0.2, 0.25) is 0 Å². The van der Waals surface area contributed by atoms with E-state index in [4.69, 9.17) is 14.2 Å². The van der Waals surface area contributed by atoms with E-state index in [0.717, 1.165) is 5.56 Å². The second-order valence-corrected chi connectivity index (χ2v) is 8.43. The van der Waals surface area contributed by atoms with Gasteiger partial charge in [0.2, 0.25) is 0 Å². The van der Waals surface area contributed by atoms with Crippen molar-refractivity contribution in [1.82, 2.24) is 14.9 Å². The number of amides is 1. The quantitative estimate of drug-likeness (QED) is 0.321. The molecule has 9 nitrogen and oxygen atoms in total. The molecule has 0 aliphatic carbocycles. The van der Waals surface area contributed by atoms with Gasteiger partial charge in [0.25, 0.3) is 0 Å². The highest BCUT2D eigenvalue weighted by Crippen LogP contribution is 2.23. The predicted octanol–water partition coefficient (Wildman–Crippen LogP) is 3.82. The first-order chi connectivity index (χ1) is 16.2. The number of methoxy groups -OCH3 is 1. The van der Waals surface area contributed by atoms with Crippen molar-refractivity contribution in [2.45, 2.75) is 39.5 Å². The maximum atomic E-state index is 12.4. The number of nitrogens with one attached hydrogen (secondary N) is 1. The maximum absolute atomic E-state index is 12.4. The number of carbonyl (C=O) groups is 3. The fourth-order valence-electron chi connectivity index (χ4n) is 3.21. The van der Waals surface area contributed by atoms with Crippen LogP contribution < -0.4 is 5.32 Å². The van der Waals surface area contributed by atoms with Crippen LogP contribution in [0.3, 0.4) is 0 Å². The number of hydrogen-bond acceptors (Lipinski definition) is 7. The molecular formula is C25H27N3O6. The highest BCUT2D eigenvalue weighted by atomic mass is 16.6. The molecule has 34 heavy (non-hydrogen) atoms. The molecule has 9 heteroatoms. The van der Waals surface area contributed by atoms with E-state index in [1.165, 1.54) is 13.2 Å². The van der Waals surface area contributed by atoms with Gasteiger partial charge in [0, 0.05) is 29.5 Å². The van der Waals surface area contributed by atoms with Crippen molar-refractivity contribution in [3.63, 3.8) is 0 Å². The summed E-state index contributed by atoms with van der Waals surface area (Å²) in [5.74, 6) is -1.17. The molecule has 0 unspecified atom stereocenters. The summed E-state index contributed by atoms with van der Waals surface area (Å²) in [6.45, 7) is 5.39. The fourth-order valence-corrected chi connectivity index (χ4v) is 3.21. The Labute approximate surface area is 197 Å². The van der Waals surface area contributed by atoms with Crippen LogP contribution in [0, 0.1) is 0 Å². The number of hydrogen-bond donors (Lipinski definition) is 1. The summed E-state index contributed by atoms with van der Waals surface area (Å²) in [6.07, 6.45) is 5.52. The Balaban J connectivity index is 1.85. The molecule has 2 heterocycles. The van der Waals surface area contributed by atoms with Crippen molar-refractivity contribution < 1.29 is 28.6 Å². The number of alkyl carbamates (subject to hydrolysis) is 1. The molecule has 0 saturated carbocycles. The number of aromatic nitrogens is 2. The largest absolute Gasteiger partial charge is 0.464 e. The zero-order valence-corrected chi connectivity index (χ0v) is 19.5. The number of ether oxygens (including phenoxy) is 3. The summed E-state index contributed by atoms with van der Waals surface area (Å²) in [4.78, 5) is 41.2. The van der Waals surface area contributed by atoms with Gasteiger partial charge in [-0.2, -0.15) is 0 Å². The van der Waals surface area contributed by atoms with E-state index < -0.39 is 23.6 Å². The van der Waals surface area contributed by atoms with Crippen LogP contribution in [-0.2, 0) is 37.0 Å². The van der Waals surface area contributed by atoms with Crippen LogP contribution in [0.15, 0.2) is 60.7 Å². The lowest BCUT2D eigenvalue weighted by Gasteiger charge is -2.19. The van der Waals surface area contributed by atoms with Crippen LogP contribution in [0.5, 0.6) is 0 Å². The molecular weight excluding hydrogens is 438 g/mol. The molecule has 0 radical (unpaired) electrons. The first-order valence-electron chi connectivity index (χ1n) is 10.6. The number of benzene rings is 1. The number of fused-ring (bicyclic) bond motifs is 1. The standard InChI is InChI=1S/C25H27N3O6/c1-25(2,3)34-22(29)15-28-14-18(19-13-26-11-10-21(19)28)12-20(23(30)32-4)27-24(31)33-16-17-8-6-5-7-9-17/h5-14H,15-16H2,1-4H3,(H,27,31)/b20-12+. The van der Waals surface area contributed by atoms with E-state index in [1.807, 2.05) is 30.3 Å². The number of carbonyl (C=O) groups excluding carboxylic acids is 3. The molecule has 0 aliphatic rings. The van der Waals surface area contributed by atoms with E-state index in [1.54, 1.807) is 50.0 Å². The summed E-state index contributed by atoms with van der Waals surface area (Å²) in [7, 11) is 1.21. The molecule has 178 valence electrons. The van der Waals surface area contributed by atoms with Gasteiger partial charge in [-0.05, 0) is 38.5 Å². The van der Waals surface area contributed by atoms with Crippen molar-refractivity contribution in [3.8, 4) is 0 Å². The first-order valence-corrected chi connectivity index (χ1v) is 10.6. The molecule has 0 fully saturated rings. The molecule has 1 N–H and O–H groups in total. The lowest BCUT2D eigenvalue weighted by molar-refractivity contribution is -0.155. The van der Waals surface area contributed by atoms with Crippen LogP contribution in [0.25, 0.3) is 17.0 Å². The van der Waals surface area contributed by atoms with Crippen LogP contribution in [0.4, 0.5) is 4.79 Å². The molecule has 0 aliphatic heterocycles. The lowest BCUT2D eigenvalue weighted by atomic mass is 10.2. The summed E-state index contributed by atoms with van der Waals surface area (Å²) in [5.41, 5.74) is 1.32. The predicted molar refractivity (Wildman–Crippen MR) is 125 cm³/mol. The van der Waals surface area contributed by atoms with Crippen LogP contribution >= 0.6 is 0 Å². The first kappa shape index (κ1) is 24.5. The summed E-state index contributed by atoms with van der Waals surface area (Å²) >= 11 is 0. The van der Waals surface area contributed by atoms with Crippen molar-refractivity contribution >= 4 is 35.0 Å². The fraction of sp³-hybridized carbons (Fsp3) is 0.280. The average Bonchev–Trinajstić information content (AvgIpc) is 3.13. The van der Waals surface area contributed by atoms with E-state index in [9.17, 15) is 14.4 Å². The van der Waals surface area contributed by atoms with Crippen molar-refractivity contribution in [2.24, 2.45) is 0 Å². The minimum Gasteiger partial charge on any atom is -0.464 e. The third-order valence-electron chi connectivity index (χ3n) is 4.59. The molecule has 0 bridgehead atoms. The molecule has 0 saturated heterocycles. The molecule has 2 aromatic heterocycles. The van der Waals surface area contributed by atoms with Crippen molar-refractivity contribution in [3.05, 3.63) is 71.8 Å². The van der Waals surface area contributed by atoms with Crippen LogP contribution in [0.1, 0.15) is 31.9 Å². The smallest absolute Gasteiger partial charge is 0.412 e. The number of pyridine rings is 1. The maximum Gasteiger partial charge on any atom is 0.412 e. The average molecular weight is 466 g/mol. The summed E-state index contributed by atoms with van der Waals surface area (Å²) in [6, 6.07) is 10.9. The molecule has 3 rings (SSSR count). The second-order valence-electron chi connectivity index (χ2n) is 8.43. The van der Waals surface area contributed by atoms with Gasteiger partial charge in [-0.25, -0.2) is 9.59 Å². The highest BCUT2D eigenvalue weighted by molar-refractivity contribution is 6.00. The third-order valence-corrected chi connectivity index (χ3v) is 4.59. The van der Waals surface area contributed by atoms with E-state index >= 15 is 0 Å². The SMILES string of the molecule is COC(=O)/C(=C\c1cn(CC(=O)OC(C)(C)C)c2ccncc12)NC(=O)OCc1ccccc1. The monoisotopic (exact) mass is 465 g/mol. The highest BCUT2D eigenvalue weighted by Gasteiger charge is 2.20. The minimum absolute atomic E-state index is 0.0360. The topological polar surface area (TPSA) is 109 Å². The zero-order chi connectivity index (χ0) is 24.7. The molecule has 1 aromatic carbocycles. The van der Waals surface area contributed by atoms with Gasteiger partial charge >= 0.3 is 18.0 Å². The normalized spacial score (nSPS) is 11.7.